The van der Waals surface area contributed by atoms with E-state index in [0.29, 0.717) is 30.3 Å². The fourth-order valence-electron chi connectivity index (χ4n) is 2.67. The smallest absolute Gasteiger partial charge is 0.347 e. The molecule has 6 heteroatoms. The first kappa shape index (κ1) is 21.2. The summed E-state index contributed by atoms with van der Waals surface area (Å²) >= 11 is 0. The third kappa shape index (κ3) is 5.29. The Morgan fingerprint density at radius 2 is 1.80 bits per heavy atom. The van der Waals surface area contributed by atoms with Crippen molar-refractivity contribution in [2.24, 2.45) is 0 Å². The number of nitrogens with zero attached hydrogens (tertiary/aromatic N) is 1. The van der Waals surface area contributed by atoms with Crippen LogP contribution in [0.3, 0.4) is 0 Å². The second kappa shape index (κ2) is 9.31. The number of ether oxygens (including phenoxy) is 2. The number of benzene rings is 2. The molecule has 0 aliphatic heterocycles. The molecular formula is C24H25NO5. The zero-order valence-corrected chi connectivity index (χ0v) is 17.3. The van der Waals surface area contributed by atoms with Crippen LogP contribution in [0.2, 0.25) is 0 Å². The van der Waals surface area contributed by atoms with Crippen molar-refractivity contribution in [2.75, 3.05) is 6.61 Å². The molecule has 1 aromatic heterocycles. The van der Waals surface area contributed by atoms with Crippen molar-refractivity contribution < 1.29 is 23.9 Å². The normalized spacial score (nSPS) is 13.2. The van der Waals surface area contributed by atoms with Crippen LogP contribution in [-0.4, -0.2) is 28.4 Å². The predicted octanol–water partition coefficient (Wildman–Crippen LogP) is 5.37. The first-order valence-corrected chi connectivity index (χ1v) is 9.75. The standard InChI is InChI=1S/C24H25NO5/c1-4-24(3,23(26)27)29-20-13-11-19(12-14-20)28-15-5-6-21-16-22(25-30-21)18-9-7-17(2)8-10-18/h5-14,16H,4,15H2,1-3H3,(H,26,27)/b6-5+. The van der Waals surface area contributed by atoms with Crippen LogP contribution in [0, 0.1) is 6.92 Å². The summed E-state index contributed by atoms with van der Waals surface area (Å²) in [6.07, 6.45) is 4.00. The number of carboxylic acid groups (broad SMARTS) is 1. The molecule has 0 aliphatic rings. The van der Waals surface area contributed by atoms with Gasteiger partial charge in [-0.15, -0.1) is 0 Å². The van der Waals surface area contributed by atoms with E-state index in [4.69, 9.17) is 14.0 Å². The fraction of sp³-hybridized carbons (Fsp3) is 0.250. The van der Waals surface area contributed by atoms with Gasteiger partial charge in [0.2, 0.25) is 5.60 Å². The molecule has 3 aromatic rings. The van der Waals surface area contributed by atoms with Gasteiger partial charge in [-0.2, -0.15) is 0 Å². The first-order chi connectivity index (χ1) is 14.4. The SMILES string of the molecule is CCC(C)(Oc1ccc(OC/C=C/c2cc(-c3ccc(C)cc3)no2)cc1)C(=O)O. The number of rotatable bonds is 9. The van der Waals surface area contributed by atoms with Gasteiger partial charge in [-0.25, -0.2) is 4.79 Å². The second-order valence-corrected chi connectivity index (χ2v) is 7.16. The number of aliphatic carboxylic acids is 1. The highest BCUT2D eigenvalue weighted by Gasteiger charge is 2.33. The van der Waals surface area contributed by atoms with Gasteiger partial charge >= 0.3 is 5.97 Å². The van der Waals surface area contributed by atoms with Crippen LogP contribution in [-0.2, 0) is 4.79 Å². The summed E-state index contributed by atoms with van der Waals surface area (Å²) in [5.74, 6) is 0.784. The van der Waals surface area contributed by atoms with E-state index in [1.165, 1.54) is 5.56 Å². The van der Waals surface area contributed by atoms with Crippen molar-refractivity contribution >= 4 is 12.0 Å². The van der Waals surface area contributed by atoms with E-state index in [9.17, 15) is 9.90 Å². The summed E-state index contributed by atoms with van der Waals surface area (Å²) in [4.78, 5) is 11.3. The number of carboxylic acids is 1. The van der Waals surface area contributed by atoms with E-state index in [1.807, 2.05) is 49.4 Å². The third-order valence-corrected chi connectivity index (χ3v) is 4.80. The topological polar surface area (TPSA) is 81.8 Å². The van der Waals surface area contributed by atoms with Gasteiger partial charge in [-0.05, 0) is 56.7 Å². The summed E-state index contributed by atoms with van der Waals surface area (Å²) < 4.78 is 16.6. The predicted molar refractivity (Wildman–Crippen MR) is 115 cm³/mol. The molecular weight excluding hydrogens is 382 g/mol. The highest BCUT2D eigenvalue weighted by molar-refractivity contribution is 5.77. The van der Waals surface area contributed by atoms with Gasteiger partial charge in [0, 0.05) is 11.6 Å². The first-order valence-electron chi connectivity index (χ1n) is 9.75. The maximum absolute atomic E-state index is 11.3. The minimum atomic E-state index is -1.25. The zero-order valence-electron chi connectivity index (χ0n) is 17.3. The molecule has 156 valence electrons. The lowest BCUT2D eigenvalue weighted by Crippen LogP contribution is -2.40. The maximum Gasteiger partial charge on any atom is 0.347 e. The molecule has 1 N–H and O–H groups in total. The van der Waals surface area contributed by atoms with E-state index in [1.54, 1.807) is 38.1 Å². The van der Waals surface area contributed by atoms with Crippen molar-refractivity contribution in [1.29, 1.82) is 0 Å². The Kier molecular flexibility index (Phi) is 6.57. The van der Waals surface area contributed by atoms with Gasteiger partial charge in [0.05, 0.1) is 0 Å². The molecule has 0 saturated carbocycles. The minimum Gasteiger partial charge on any atom is -0.490 e. The Labute approximate surface area is 175 Å². The van der Waals surface area contributed by atoms with Crippen LogP contribution in [0.4, 0.5) is 0 Å². The summed E-state index contributed by atoms with van der Waals surface area (Å²) in [5.41, 5.74) is 1.73. The third-order valence-electron chi connectivity index (χ3n) is 4.80. The van der Waals surface area contributed by atoms with Gasteiger partial charge in [-0.1, -0.05) is 41.9 Å². The molecule has 30 heavy (non-hydrogen) atoms. The van der Waals surface area contributed by atoms with E-state index < -0.39 is 11.6 Å². The average Bonchev–Trinajstić information content (AvgIpc) is 3.21. The zero-order chi connectivity index (χ0) is 21.6. The lowest BCUT2D eigenvalue weighted by atomic mass is 10.0. The van der Waals surface area contributed by atoms with E-state index in [0.717, 1.165) is 11.3 Å². The molecule has 2 aromatic carbocycles. The molecule has 0 saturated heterocycles. The molecule has 0 radical (unpaired) electrons. The number of carbonyl (C=O) groups is 1. The molecule has 1 heterocycles. The van der Waals surface area contributed by atoms with Crippen molar-refractivity contribution in [3.63, 3.8) is 0 Å². The monoisotopic (exact) mass is 407 g/mol. The van der Waals surface area contributed by atoms with Crippen molar-refractivity contribution in [3.05, 3.63) is 72.0 Å². The highest BCUT2D eigenvalue weighted by Crippen LogP contribution is 2.24. The lowest BCUT2D eigenvalue weighted by Gasteiger charge is -2.24. The molecule has 0 spiro atoms. The number of hydrogen-bond donors (Lipinski definition) is 1. The van der Waals surface area contributed by atoms with E-state index >= 15 is 0 Å². The Hall–Kier alpha value is -3.54. The lowest BCUT2D eigenvalue weighted by molar-refractivity contribution is -0.154. The molecule has 1 atom stereocenters. The van der Waals surface area contributed by atoms with Crippen LogP contribution in [0.25, 0.3) is 17.3 Å². The molecule has 0 fully saturated rings. The van der Waals surface area contributed by atoms with Crippen molar-refractivity contribution in [2.45, 2.75) is 32.8 Å². The Bertz CT molecular complexity index is 1000. The Morgan fingerprint density at radius 1 is 1.13 bits per heavy atom. The summed E-state index contributed by atoms with van der Waals surface area (Å²) in [6.45, 7) is 5.72. The van der Waals surface area contributed by atoms with Crippen LogP contribution < -0.4 is 9.47 Å². The molecule has 0 aliphatic carbocycles. The second-order valence-electron chi connectivity index (χ2n) is 7.16. The van der Waals surface area contributed by atoms with Crippen LogP contribution in [0.1, 0.15) is 31.6 Å². The summed E-state index contributed by atoms with van der Waals surface area (Å²) in [5, 5.41) is 13.4. The van der Waals surface area contributed by atoms with Gasteiger partial charge in [0.1, 0.15) is 23.8 Å². The molecule has 3 rings (SSSR count). The quantitative estimate of drug-likeness (QED) is 0.513. The van der Waals surface area contributed by atoms with Crippen LogP contribution >= 0.6 is 0 Å². The fourth-order valence-corrected chi connectivity index (χ4v) is 2.67. The van der Waals surface area contributed by atoms with Crippen molar-refractivity contribution in [3.8, 4) is 22.8 Å². The maximum atomic E-state index is 11.3. The van der Waals surface area contributed by atoms with Gasteiger partial charge < -0.3 is 19.1 Å². The Balaban J connectivity index is 1.52. The number of hydrogen-bond acceptors (Lipinski definition) is 5. The molecule has 0 bridgehead atoms. The highest BCUT2D eigenvalue weighted by atomic mass is 16.5. The van der Waals surface area contributed by atoms with Crippen LogP contribution in [0.15, 0.2) is 65.2 Å². The summed E-state index contributed by atoms with van der Waals surface area (Å²) in [6, 6.07) is 16.8. The van der Waals surface area contributed by atoms with E-state index in [-0.39, 0.29) is 0 Å². The Morgan fingerprint density at radius 3 is 2.43 bits per heavy atom. The largest absolute Gasteiger partial charge is 0.490 e. The number of aryl methyl sites for hydroxylation is 1. The molecule has 1 unspecified atom stereocenters. The van der Waals surface area contributed by atoms with E-state index in [2.05, 4.69) is 5.16 Å². The van der Waals surface area contributed by atoms with Gasteiger partial charge in [0.25, 0.3) is 0 Å². The summed E-state index contributed by atoms with van der Waals surface area (Å²) in [7, 11) is 0. The van der Waals surface area contributed by atoms with Gasteiger partial charge in [-0.3, -0.25) is 0 Å². The molecule has 6 nitrogen and oxygen atoms in total. The van der Waals surface area contributed by atoms with Gasteiger partial charge in [0.15, 0.2) is 5.76 Å². The average molecular weight is 407 g/mol. The van der Waals surface area contributed by atoms with Crippen LogP contribution in [0.5, 0.6) is 11.5 Å². The van der Waals surface area contributed by atoms with Crippen molar-refractivity contribution in [1.82, 2.24) is 5.16 Å². The molecule has 0 amide bonds. The number of aromatic nitrogens is 1. The minimum absolute atomic E-state index is 0.350.